The number of nitrogens with one attached hydrogen (secondary N) is 1. The van der Waals surface area contributed by atoms with E-state index in [1.54, 1.807) is 36.5 Å². The van der Waals surface area contributed by atoms with Crippen molar-refractivity contribution in [1.29, 1.82) is 0 Å². The minimum absolute atomic E-state index is 0.167. The standard InChI is InChI=1S/C27H29N3O4S2/c1-19-4-11-24(14-20(19)2)30(36(3,32)33)16-22-5-9-23(10-6-22)27(31)29-28-15-21-7-12-25(13-8-21)34-26-17-35-18-26/h4-15,26H,16-18H2,1-3H3,(H,29,31). The van der Waals surface area contributed by atoms with Gasteiger partial charge in [0, 0.05) is 17.1 Å². The van der Waals surface area contributed by atoms with Gasteiger partial charge in [-0.15, -0.1) is 0 Å². The Bertz CT molecular complexity index is 1350. The van der Waals surface area contributed by atoms with E-state index in [-0.39, 0.29) is 12.5 Å². The molecule has 188 valence electrons. The number of carbonyl (C=O) groups excluding carboxylic acids is 1. The minimum atomic E-state index is -3.49. The quantitative estimate of drug-likeness (QED) is 0.329. The van der Waals surface area contributed by atoms with Crippen LogP contribution in [0.5, 0.6) is 5.75 Å². The Kier molecular flexibility index (Phi) is 8.01. The SMILES string of the molecule is Cc1ccc(N(Cc2ccc(C(=O)NN=Cc3ccc(OC4CSC4)cc3)cc2)S(C)(=O)=O)cc1C. The predicted octanol–water partition coefficient (Wildman–Crippen LogP) is 4.53. The molecule has 0 aromatic heterocycles. The number of anilines is 1. The summed E-state index contributed by atoms with van der Waals surface area (Å²) in [7, 11) is -3.49. The first-order valence-electron chi connectivity index (χ1n) is 11.5. The molecule has 1 fully saturated rings. The topological polar surface area (TPSA) is 88.1 Å². The van der Waals surface area contributed by atoms with Gasteiger partial charge in [0.2, 0.25) is 10.0 Å². The van der Waals surface area contributed by atoms with Gasteiger partial charge in [-0.1, -0.05) is 18.2 Å². The van der Waals surface area contributed by atoms with Gasteiger partial charge in [0.05, 0.1) is 24.7 Å². The Morgan fingerprint density at radius 2 is 1.75 bits per heavy atom. The third kappa shape index (κ3) is 6.67. The van der Waals surface area contributed by atoms with Crippen molar-refractivity contribution in [3.05, 3.63) is 94.5 Å². The highest BCUT2D eigenvalue weighted by Crippen LogP contribution is 2.25. The maximum Gasteiger partial charge on any atom is 0.271 e. The monoisotopic (exact) mass is 523 g/mol. The fourth-order valence-electron chi connectivity index (χ4n) is 3.55. The predicted molar refractivity (Wildman–Crippen MR) is 147 cm³/mol. The molecule has 0 atom stereocenters. The van der Waals surface area contributed by atoms with Crippen LogP contribution in [0, 0.1) is 13.8 Å². The Morgan fingerprint density at radius 1 is 1.06 bits per heavy atom. The van der Waals surface area contributed by atoms with Crippen molar-refractivity contribution in [2.45, 2.75) is 26.5 Å². The van der Waals surface area contributed by atoms with Crippen LogP contribution in [-0.4, -0.2) is 44.4 Å². The average molecular weight is 524 g/mol. The molecule has 1 N–H and O–H groups in total. The number of hydrogen-bond acceptors (Lipinski definition) is 6. The first-order valence-corrected chi connectivity index (χ1v) is 14.5. The van der Waals surface area contributed by atoms with Crippen LogP contribution in [0.4, 0.5) is 5.69 Å². The van der Waals surface area contributed by atoms with Gasteiger partial charge >= 0.3 is 0 Å². The zero-order valence-corrected chi connectivity index (χ0v) is 22.1. The molecule has 3 aromatic carbocycles. The van der Waals surface area contributed by atoms with E-state index in [9.17, 15) is 13.2 Å². The van der Waals surface area contributed by atoms with Crippen molar-refractivity contribution in [3.63, 3.8) is 0 Å². The van der Waals surface area contributed by atoms with Crippen molar-refractivity contribution in [1.82, 2.24) is 5.43 Å². The van der Waals surface area contributed by atoms with Gasteiger partial charge in [-0.05, 0) is 84.6 Å². The lowest BCUT2D eigenvalue weighted by molar-refractivity contribution is 0.0955. The van der Waals surface area contributed by atoms with Crippen molar-refractivity contribution in [3.8, 4) is 5.75 Å². The fraction of sp³-hybridized carbons (Fsp3) is 0.259. The van der Waals surface area contributed by atoms with Crippen LogP contribution in [0.15, 0.2) is 71.8 Å². The zero-order chi connectivity index (χ0) is 25.7. The average Bonchev–Trinajstić information content (AvgIpc) is 2.82. The summed E-state index contributed by atoms with van der Waals surface area (Å²) < 4.78 is 32.1. The first-order chi connectivity index (χ1) is 17.2. The summed E-state index contributed by atoms with van der Waals surface area (Å²) in [6.07, 6.45) is 3.06. The van der Waals surface area contributed by atoms with Crippen molar-refractivity contribution in [2.75, 3.05) is 22.1 Å². The molecule has 1 aliphatic rings. The van der Waals surface area contributed by atoms with Gasteiger partial charge < -0.3 is 4.74 Å². The number of thioether (sulfide) groups is 1. The van der Waals surface area contributed by atoms with Crippen LogP contribution in [0.25, 0.3) is 0 Å². The number of hydrazone groups is 1. The third-order valence-electron chi connectivity index (χ3n) is 5.89. The summed E-state index contributed by atoms with van der Waals surface area (Å²) in [6.45, 7) is 4.10. The summed E-state index contributed by atoms with van der Waals surface area (Å²) in [5, 5.41) is 4.04. The highest BCUT2D eigenvalue weighted by Gasteiger charge is 2.20. The van der Waals surface area contributed by atoms with Crippen LogP contribution >= 0.6 is 11.8 Å². The van der Waals surface area contributed by atoms with Gasteiger partial charge in [-0.25, -0.2) is 13.8 Å². The molecular formula is C27H29N3O4S2. The van der Waals surface area contributed by atoms with E-state index in [1.165, 1.54) is 10.6 Å². The van der Waals surface area contributed by atoms with Crippen LogP contribution in [0.1, 0.15) is 32.6 Å². The fourth-order valence-corrected chi connectivity index (χ4v) is 4.99. The Labute approximate surface area is 216 Å². The second-order valence-corrected chi connectivity index (χ2v) is 11.8. The molecule has 0 spiro atoms. The summed E-state index contributed by atoms with van der Waals surface area (Å²) >= 11 is 1.87. The number of rotatable bonds is 9. The van der Waals surface area contributed by atoms with Crippen LogP contribution in [0.3, 0.4) is 0 Å². The molecular weight excluding hydrogens is 494 g/mol. The smallest absolute Gasteiger partial charge is 0.271 e. The van der Waals surface area contributed by atoms with E-state index >= 15 is 0 Å². The molecule has 0 unspecified atom stereocenters. The van der Waals surface area contributed by atoms with Crippen molar-refractivity contribution < 1.29 is 17.9 Å². The van der Waals surface area contributed by atoms with Crippen molar-refractivity contribution in [2.24, 2.45) is 5.10 Å². The molecule has 9 heteroatoms. The molecule has 36 heavy (non-hydrogen) atoms. The third-order valence-corrected chi connectivity index (χ3v) is 8.25. The largest absolute Gasteiger partial charge is 0.489 e. The Morgan fingerprint density at radius 3 is 2.33 bits per heavy atom. The van der Waals surface area contributed by atoms with Crippen LogP contribution in [-0.2, 0) is 16.6 Å². The summed E-state index contributed by atoms with van der Waals surface area (Å²) in [6, 6.07) is 19.9. The van der Waals surface area contributed by atoms with Crippen molar-refractivity contribution >= 4 is 39.6 Å². The van der Waals surface area contributed by atoms with E-state index < -0.39 is 10.0 Å². The number of sulfonamides is 1. The summed E-state index contributed by atoms with van der Waals surface area (Å²) in [4.78, 5) is 12.5. The summed E-state index contributed by atoms with van der Waals surface area (Å²) in [5.41, 5.74) is 7.28. The van der Waals surface area contributed by atoms with Gasteiger partial charge in [-0.2, -0.15) is 16.9 Å². The number of hydrogen-bond donors (Lipinski definition) is 1. The first kappa shape index (κ1) is 25.8. The van der Waals surface area contributed by atoms with E-state index in [1.807, 2.05) is 62.0 Å². The normalized spacial score (nSPS) is 13.9. The molecule has 4 rings (SSSR count). The number of aryl methyl sites for hydroxylation is 2. The maximum absolute atomic E-state index is 12.5. The molecule has 0 bridgehead atoms. The number of amides is 1. The second kappa shape index (κ2) is 11.2. The highest BCUT2D eigenvalue weighted by molar-refractivity contribution is 8.00. The Hall–Kier alpha value is -3.30. The molecule has 0 radical (unpaired) electrons. The highest BCUT2D eigenvalue weighted by atomic mass is 32.2. The summed E-state index contributed by atoms with van der Waals surface area (Å²) in [5.74, 6) is 2.53. The molecule has 1 heterocycles. The van der Waals surface area contributed by atoms with Gasteiger partial charge in [-0.3, -0.25) is 9.10 Å². The van der Waals surface area contributed by atoms with E-state index in [0.717, 1.165) is 39.5 Å². The number of carbonyl (C=O) groups is 1. The zero-order valence-electron chi connectivity index (χ0n) is 20.5. The molecule has 3 aromatic rings. The molecule has 0 aliphatic carbocycles. The van der Waals surface area contributed by atoms with E-state index in [0.29, 0.717) is 17.4 Å². The van der Waals surface area contributed by atoms with Gasteiger partial charge in [0.15, 0.2) is 0 Å². The van der Waals surface area contributed by atoms with Gasteiger partial charge in [0.25, 0.3) is 5.91 Å². The minimum Gasteiger partial charge on any atom is -0.489 e. The van der Waals surface area contributed by atoms with Gasteiger partial charge in [0.1, 0.15) is 11.9 Å². The molecule has 1 saturated heterocycles. The molecule has 0 saturated carbocycles. The number of nitrogens with zero attached hydrogens (tertiary/aromatic N) is 2. The second-order valence-electron chi connectivity index (χ2n) is 8.78. The number of ether oxygens (including phenoxy) is 1. The lowest BCUT2D eigenvalue weighted by atomic mass is 10.1. The molecule has 1 aliphatic heterocycles. The number of benzene rings is 3. The lowest BCUT2D eigenvalue weighted by Crippen LogP contribution is -2.30. The molecule has 1 amide bonds. The maximum atomic E-state index is 12.5. The molecule has 7 nitrogen and oxygen atoms in total. The van der Waals surface area contributed by atoms with Crippen LogP contribution in [0.2, 0.25) is 0 Å². The lowest BCUT2D eigenvalue weighted by Gasteiger charge is -2.25. The van der Waals surface area contributed by atoms with Crippen LogP contribution < -0.4 is 14.5 Å². The van der Waals surface area contributed by atoms with E-state index in [4.69, 9.17) is 4.74 Å². The Balaban J connectivity index is 1.36. The van der Waals surface area contributed by atoms with E-state index in [2.05, 4.69) is 10.5 Å².